The van der Waals surface area contributed by atoms with Crippen molar-refractivity contribution >= 4 is 35.0 Å². The molecule has 2 aliphatic heterocycles. The lowest BCUT2D eigenvalue weighted by atomic mass is 9.96. The summed E-state index contributed by atoms with van der Waals surface area (Å²) < 4.78 is 0. The number of rotatable bonds is 0. The Hall–Kier alpha value is -0.550. The molecule has 0 radical (unpaired) electrons. The summed E-state index contributed by atoms with van der Waals surface area (Å²) in [6, 6.07) is 0. The van der Waals surface area contributed by atoms with Crippen LogP contribution in [0.1, 0.15) is 19.3 Å². The topological polar surface area (TPSA) is 41.1 Å². The van der Waals surface area contributed by atoms with Crippen LogP contribution in [0.5, 0.6) is 0 Å². The third kappa shape index (κ3) is 1.12. The van der Waals surface area contributed by atoms with Gasteiger partial charge in [-0.05, 0) is 42.0 Å². The average Bonchev–Trinajstić information content (AvgIpc) is 2.60. The highest BCUT2D eigenvalue weighted by molar-refractivity contribution is 8.04. The molecular formula is C9H10N2OS2. The van der Waals surface area contributed by atoms with Crippen molar-refractivity contribution in [3.8, 4) is 0 Å². The monoisotopic (exact) mass is 226 g/mol. The third-order valence-corrected chi connectivity index (χ3v) is 4.56. The zero-order chi connectivity index (χ0) is 9.71. The van der Waals surface area contributed by atoms with Crippen molar-refractivity contribution in [2.24, 2.45) is 5.92 Å². The van der Waals surface area contributed by atoms with E-state index in [1.165, 1.54) is 16.9 Å². The molecule has 0 spiro atoms. The number of nitrogens with one attached hydrogen (secondary N) is 2. The highest BCUT2D eigenvalue weighted by atomic mass is 32.2. The molecule has 0 aromatic heterocycles. The molecule has 2 N–H and O–H groups in total. The molecule has 1 saturated heterocycles. The summed E-state index contributed by atoms with van der Waals surface area (Å²) in [5.74, 6) is 0.113. The Kier molecular flexibility index (Phi) is 1.85. The molecule has 0 bridgehead atoms. The van der Waals surface area contributed by atoms with Crippen molar-refractivity contribution in [3.05, 3.63) is 10.5 Å². The van der Waals surface area contributed by atoms with Gasteiger partial charge in [0.25, 0.3) is 0 Å². The minimum atomic E-state index is 0.0317. The van der Waals surface area contributed by atoms with Crippen LogP contribution in [0, 0.1) is 5.92 Å². The Morgan fingerprint density at radius 1 is 1.43 bits per heavy atom. The lowest BCUT2D eigenvalue weighted by Gasteiger charge is -2.28. The van der Waals surface area contributed by atoms with Crippen LogP contribution in [0.15, 0.2) is 10.5 Å². The van der Waals surface area contributed by atoms with Gasteiger partial charge in [-0.1, -0.05) is 0 Å². The fraction of sp³-hybridized carbons (Fsp3) is 0.556. The van der Waals surface area contributed by atoms with Gasteiger partial charge >= 0.3 is 0 Å². The molecule has 0 aromatic carbocycles. The Morgan fingerprint density at radius 3 is 3.14 bits per heavy atom. The highest BCUT2D eigenvalue weighted by Crippen LogP contribution is 2.49. The summed E-state index contributed by atoms with van der Waals surface area (Å²) >= 11 is 6.76. The van der Waals surface area contributed by atoms with Crippen molar-refractivity contribution in [3.63, 3.8) is 0 Å². The van der Waals surface area contributed by atoms with Gasteiger partial charge in [0.15, 0.2) is 5.11 Å². The van der Waals surface area contributed by atoms with Crippen LogP contribution < -0.4 is 10.6 Å². The first-order chi connectivity index (χ1) is 6.75. The maximum absolute atomic E-state index is 11.7. The van der Waals surface area contributed by atoms with Crippen LogP contribution in [0.25, 0.3) is 0 Å². The van der Waals surface area contributed by atoms with Gasteiger partial charge in [-0.3, -0.25) is 4.79 Å². The first kappa shape index (κ1) is 8.73. The predicted molar refractivity (Wildman–Crippen MR) is 59.6 cm³/mol. The van der Waals surface area contributed by atoms with Crippen molar-refractivity contribution in [2.75, 3.05) is 0 Å². The van der Waals surface area contributed by atoms with Crippen molar-refractivity contribution in [1.82, 2.24) is 10.6 Å². The van der Waals surface area contributed by atoms with E-state index in [0.29, 0.717) is 5.11 Å². The smallest absolute Gasteiger partial charge is 0.236 e. The van der Waals surface area contributed by atoms with Crippen LogP contribution in [0.2, 0.25) is 0 Å². The number of thioether (sulfide) groups is 1. The Balaban J connectivity index is 1.94. The first-order valence-electron chi connectivity index (χ1n) is 4.75. The van der Waals surface area contributed by atoms with E-state index in [4.69, 9.17) is 12.2 Å². The van der Waals surface area contributed by atoms with Gasteiger partial charge in [-0.25, -0.2) is 0 Å². The van der Waals surface area contributed by atoms with E-state index in [-0.39, 0.29) is 17.2 Å². The van der Waals surface area contributed by atoms with Crippen molar-refractivity contribution < 1.29 is 4.79 Å². The van der Waals surface area contributed by atoms with Gasteiger partial charge < -0.3 is 10.6 Å². The van der Waals surface area contributed by atoms with Gasteiger partial charge in [-0.15, -0.1) is 11.8 Å². The van der Waals surface area contributed by atoms with E-state index < -0.39 is 0 Å². The largest absolute Gasteiger partial charge is 0.349 e. The van der Waals surface area contributed by atoms with Crippen LogP contribution in [0.4, 0.5) is 0 Å². The van der Waals surface area contributed by atoms with E-state index in [1.807, 2.05) is 0 Å². The summed E-state index contributed by atoms with van der Waals surface area (Å²) in [4.78, 5) is 13.2. The molecule has 3 rings (SSSR count). The standard InChI is InChI=1S/C9H10N2OS2/c12-7-6-4-2-1-3-5(4)14-8(6)11-9(13)10-7/h6,8H,1-3H2,(H2,10,11,12,13). The number of amides is 1. The molecule has 1 amide bonds. The Labute approximate surface area is 91.7 Å². The maximum Gasteiger partial charge on any atom is 0.236 e. The number of allylic oxidation sites excluding steroid dienone is 1. The van der Waals surface area contributed by atoms with Crippen LogP contribution >= 0.6 is 24.0 Å². The summed E-state index contributed by atoms with van der Waals surface area (Å²) in [5, 5.41) is 6.50. The van der Waals surface area contributed by atoms with Crippen LogP contribution in [0.3, 0.4) is 0 Å². The fourth-order valence-corrected chi connectivity index (χ4v) is 4.22. The number of carbonyl (C=O) groups is 1. The quantitative estimate of drug-likeness (QED) is 0.607. The second-order valence-electron chi connectivity index (χ2n) is 3.78. The molecule has 14 heavy (non-hydrogen) atoms. The van der Waals surface area contributed by atoms with Crippen LogP contribution in [-0.2, 0) is 4.79 Å². The maximum atomic E-state index is 11.7. The average molecular weight is 226 g/mol. The number of fused-ring (bicyclic) bond motifs is 2. The molecule has 74 valence electrons. The molecule has 0 aromatic rings. The molecule has 5 heteroatoms. The Morgan fingerprint density at radius 2 is 2.29 bits per heavy atom. The number of thiocarbonyl (C=S) groups is 1. The molecule has 3 nitrogen and oxygen atoms in total. The predicted octanol–water partition coefficient (Wildman–Crippen LogP) is 1.12. The molecule has 0 saturated carbocycles. The summed E-state index contributed by atoms with van der Waals surface area (Å²) in [5.41, 5.74) is 1.35. The molecule has 3 aliphatic rings. The second kappa shape index (κ2) is 2.97. The van der Waals surface area contributed by atoms with Gasteiger partial charge in [0.2, 0.25) is 5.91 Å². The minimum Gasteiger partial charge on any atom is -0.349 e. The third-order valence-electron chi connectivity index (χ3n) is 2.95. The van der Waals surface area contributed by atoms with Gasteiger partial charge in [0, 0.05) is 0 Å². The highest BCUT2D eigenvalue weighted by Gasteiger charge is 2.44. The van der Waals surface area contributed by atoms with Crippen molar-refractivity contribution in [2.45, 2.75) is 24.6 Å². The van der Waals surface area contributed by atoms with E-state index in [2.05, 4.69) is 10.6 Å². The molecule has 2 atom stereocenters. The van der Waals surface area contributed by atoms with Gasteiger partial charge in [0.1, 0.15) is 0 Å². The molecule has 1 fully saturated rings. The molecule has 2 unspecified atom stereocenters. The summed E-state index contributed by atoms with van der Waals surface area (Å²) in [7, 11) is 0. The number of carbonyl (C=O) groups excluding carboxylic acids is 1. The van der Waals surface area contributed by atoms with E-state index >= 15 is 0 Å². The van der Waals surface area contributed by atoms with E-state index in [9.17, 15) is 4.79 Å². The number of hydrogen-bond donors (Lipinski definition) is 2. The zero-order valence-corrected chi connectivity index (χ0v) is 9.13. The number of hydrogen-bond acceptors (Lipinski definition) is 3. The fourth-order valence-electron chi connectivity index (χ4n) is 2.37. The normalized spacial score (nSPS) is 35.1. The Bertz CT molecular complexity index is 364. The van der Waals surface area contributed by atoms with Crippen LogP contribution in [-0.4, -0.2) is 16.4 Å². The first-order valence-corrected chi connectivity index (χ1v) is 6.04. The second-order valence-corrected chi connectivity index (χ2v) is 5.43. The lowest BCUT2D eigenvalue weighted by Crippen LogP contribution is -2.55. The SMILES string of the molecule is O=C1NC(=S)NC2SC3=C(CCC3)C12. The zero-order valence-electron chi connectivity index (χ0n) is 7.50. The van der Waals surface area contributed by atoms with Crippen molar-refractivity contribution in [1.29, 1.82) is 0 Å². The molecule has 1 aliphatic carbocycles. The molecule has 2 heterocycles. The lowest BCUT2D eigenvalue weighted by molar-refractivity contribution is -0.123. The van der Waals surface area contributed by atoms with Gasteiger partial charge in [0.05, 0.1) is 11.3 Å². The minimum absolute atomic E-state index is 0.0317. The molecular weight excluding hydrogens is 216 g/mol. The summed E-state index contributed by atoms with van der Waals surface area (Å²) in [6.07, 6.45) is 3.44. The van der Waals surface area contributed by atoms with E-state index in [1.54, 1.807) is 11.8 Å². The van der Waals surface area contributed by atoms with Gasteiger partial charge in [-0.2, -0.15) is 0 Å². The van der Waals surface area contributed by atoms with E-state index in [0.717, 1.165) is 12.8 Å². The summed E-state index contributed by atoms with van der Waals surface area (Å²) in [6.45, 7) is 0.